The van der Waals surface area contributed by atoms with Crippen molar-refractivity contribution in [3.8, 4) is 5.75 Å². The molecule has 1 aromatic carbocycles. The molecule has 0 unspecified atom stereocenters. The Morgan fingerprint density at radius 1 is 1.07 bits per heavy atom. The van der Waals surface area contributed by atoms with Crippen LogP contribution in [0.15, 0.2) is 52.2 Å². The van der Waals surface area contributed by atoms with Crippen LogP contribution in [0.1, 0.15) is 39.4 Å². The third kappa shape index (κ3) is 5.07. The third-order valence-electron chi connectivity index (χ3n) is 4.21. The average molecular weight is 430 g/mol. The van der Waals surface area contributed by atoms with Crippen molar-refractivity contribution >= 4 is 23.2 Å². The van der Waals surface area contributed by atoms with E-state index in [4.69, 9.17) is 16.3 Å². The van der Waals surface area contributed by atoms with Crippen molar-refractivity contribution in [3.05, 3.63) is 74.3 Å². The summed E-state index contributed by atoms with van der Waals surface area (Å²) in [6.07, 6.45) is 1.57. The van der Waals surface area contributed by atoms with Crippen LogP contribution in [0.3, 0.4) is 0 Å². The Hall–Kier alpha value is -3.13. The molecule has 9 heteroatoms. The van der Waals surface area contributed by atoms with Crippen LogP contribution < -0.4 is 21.4 Å². The Labute approximate surface area is 179 Å². The molecule has 1 N–H and O–H groups in total. The number of halogens is 1. The lowest BCUT2D eigenvalue weighted by molar-refractivity contribution is 0.242. The summed E-state index contributed by atoms with van der Waals surface area (Å²) >= 11 is 5.90. The maximum absolute atomic E-state index is 13.1. The van der Waals surface area contributed by atoms with Crippen molar-refractivity contribution in [1.29, 1.82) is 0 Å². The molecule has 3 aromatic rings. The zero-order valence-corrected chi connectivity index (χ0v) is 18.1. The molecule has 0 saturated heterocycles. The van der Waals surface area contributed by atoms with Gasteiger partial charge in [0.2, 0.25) is 5.95 Å². The lowest BCUT2D eigenvalue weighted by Crippen LogP contribution is -2.43. The second kappa shape index (κ2) is 9.13. The molecule has 2 aromatic heterocycles. The van der Waals surface area contributed by atoms with Gasteiger partial charge in [-0.15, -0.1) is 0 Å². The maximum Gasteiger partial charge on any atom is 0.355 e. The topological polar surface area (TPSA) is 91.0 Å². The van der Waals surface area contributed by atoms with Gasteiger partial charge in [0, 0.05) is 17.9 Å². The first-order valence-corrected chi connectivity index (χ1v) is 10.00. The minimum atomic E-state index is -0.613. The Morgan fingerprint density at radius 3 is 2.33 bits per heavy atom. The predicted octanol–water partition coefficient (Wildman–Crippen LogP) is 3.61. The SMILES string of the molecule is CC(C)Oc1ccc(Nc2nc(=O)n(C(C)C)c(=O)n2Cc2ccc(Cl)cn2)cc1. The molecule has 2 heterocycles. The first kappa shape index (κ1) is 21.6. The Bertz CT molecular complexity index is 1120. The second-order valence-electron chi connectivity index (χ2n) is 7.33. The fraction of sp³-hybridized carbons (Fsp3) is 0.333. The molecule has 0 amide bonds. The number of nitrogens with one attached hydrogen (secondary N) is 1. The third-order valence-corrected chi connectivity index (χ3v) is 4.43. The summed E-state index contributed by atoms with van der Waals surface area (Å²) in [7, 11) is 0. The van der Waals surface area contributed by atoms with Crippen molar-refractivity contribution in [3.63, 3.8) is 0 Å². The lowest BCUT2D eigenvalue weighted by Gasteiger charge is -2.17. The van der Waals surface area contributed by atoms with Crippen molar-refractivity contribution in [2.24, 2.45) is 0 Å². The molecule has 0 bridgehead atoms. The Morgan fingerprint density at radius 2 is 1.77 bits per heavy atom. The summed E-state index contributed by atoms with van der Waals surface area (Å²) in [6, 6.07) is 10.3. The molecule has 3 rings (SSSR count). The summed E-state index contributed by atoms with van der Waals surface area (Å²) in [4.78, 5) is 33.9. The van der Waals surface area contributed by atoms with Gasteiger partial charge in [0.25, 0.3) is 0 Å². The van der Waals surface area contributed by atoms with E-state index in [0.717, 1.165) is 10.3 Å². The number of aromatic nitrogens is 4. The van der Waals surface area contributed by atoms with Crippen molar-refractivity contribution in [2.75, 3.05) is 5.32 Å². The highest BCUT2D eigenvalue weighted by atomic mass is 35.5. The summed E-state index contributed by atoms with van der Waals surface area (Å²) < 4.78 is 8.14. The minimum absolute atomic E-state index is 0.0613. The maximum atomic E-state index is 13.1. The van der Waals surface area contributed by atoms with E-state index in [1.807, 2.05) is 13.8 Å². The highest BCUT2D eigenvalue weighted by molar-refractivity contribution is 6.30. The van der Waals surface area contributed by atoms with Gasteiger partial charge in [-0.3, -0.25) is 9.55 Å². The van der Waals surface area contributed by atoms with Gasteiger partial charge in [-0.1, -0.05) is 11.6 Å². The zero-order valence-electron chi connectivity index (χ0n) is 17.3. The monoisotopic (exact) mass is 429 g/mol. The van der Waals surface area contributed by atoms with Gasteiger partial charge in [0.05, 0.1) is 23.4 Å². The van der Waals surface area contributed by atoms with E-state index < -0.39 is 11.4 Å². The van der Waals surface area contributed by atoms with Crippen LogP contribution in [0, 0.1) is 0 Å². The van der Waals surface area contributed by atoms with Gasteiger partial charge < -0.3 is 10.1 Å². The molecule has 8 nitrogen and oxygen atoms in total. The van der Waals surface area contributed by atoms with Crippen LogP contribution in [0.5, 0.6) is 5.75 Å². The average Bonchev–Trinajstić information content (AvgIpc) is 2.67. The molecule has 0 fully saturated rings. The van der Waals surface area contributed by atoms with Gasteiger partial charge in [-0.25, -0.2) is 14.2 Å². The Kier molecular flexibility index (Phi) is 6.56. The summed E-state index contributed by atoms with van der Waals surface area (Å²) in [5.41, 5.74) is 0.195. The number of hydrogen-bond donors (Lipinski definition) is 1. The van der Waals surface area contributed by atoms with E-state index in [-0.39, 0.29) is 24.6 Å². The molecule has 0 spiro atoms. The Balaban J connectivity index is 2.01. The van der Waals surface area contributed by atoms with Crippen LogP contribution in [0.25, 0.3) is 0 Å². The molecule has 0 aliphatic heterocycles. The minimum Gasteiger partial charge on any atom is -0.491 e. The molecule has 158 valence electrons. The fourth-order valence-electron chi connectivity index (χ4n) is 2.87. The highest BCUT2D eigenvalue weighted by Gasteiger charge is 2.16. The molecular weight excluding hydrogens is 406 g/mol. The summed E-state index contributed by atoms with van der Waals surface area (Å²) in [5.74, 6) is 0.859. The molecule has 0 aliphatic carbocycles. The van der Waals surface area contributed by atoms with E-state index in [9.17, 15) is 9.59 Å². The standard InChI is InChI=1S/C21H24ClN5O3/c1-13(2)27-20(28)25-19(24-16-7-9-18(10-8-16)30-14(3)4)26(21(27)29)12-17-6-5-15(22)11-23-17/h5-11,13-14H,12H2,1-4H3,(H,24,25,28). The number of nitrogens with zero attached hydrogens (tertiary/aromatic N) is 4. The van der Waals surface area contributed by atoms with E-state index in [2.05, 4.69) is 15.3 Å². The molecule has 0 aliphatic rings. The lowest BCUT2D eigenvalue weighted by atomic mass is 10.3. The van der Waals surface area contributed by atoms with Crippen molar-refractivity contribution in [2.45, 2.75) is 46.4 Å². The molecule has 0 radical (unpaired) electrons. The summed E-state index contributed by atoms with van der Waals surface area (Å²) in [5, 5.41) is 3.56. The van der Waals surface area contributed by atoms with Gasteiger partial charge in [-0.2, -0.15) is 4.98 Å². The van der Waals surface area contributed by atoms with E-state index in [0.29, 0.717) is 16.4 Å². The number of ether oxygens (including phenoxy) is 1. The van der Waals surface area contributed by atoms with Gasteiger partial charge in [0.15, 0.2) is 0 Å². The fourth-order valence-corrected chi connectivity index (χ4v) is 2.98. The highest BCUT2D eigenvalue weighted by Crippen LogP contribution is 2.19. The van der Waals surface area contributed by atoms with Crippen LogP contribution in [0.4, 0.5) is 11.6 Å². The normalized spacial score (nSPS) is 11.2. The van der Waals surface area contributed by atoms with Gasteiger partial charge in [0.1, 0.15) is 5.75 Å². The molecule has 30 heavy (non-hydrogen) atoms. The largest absolute Gasteiger partial charge is 0.491 e. The molecule has 0 saturated carbocycles. The van der Waals surface area contributed by atoms with Crippen LogP contribution in [-0.2, 0) is 6.54 Å². The first-order chi connectivity index (χ1) is 14.2. The number of benzene rings is 1. The van der Waals surface area contributed by atoms with Crippen LogP contribution in [-0.4, -0.2) is 25.2 Å². The smallest absolute Gasteiger partial charge is 0.355 e. The number of anilines is 2. The van der Waals surface area contributed by atoms with E-state index in [1.54, 1.807) is 50.2 Å². The predicted molar refractivity (Wildman–Crippen MR) is 117 cm³/mol. The summed E-state index contributed by atoms with van der Waals surface area (Å²) in [6.45, 7) is 7.55. The first-order valence-electron chi connectivity index (χ1n) is 9.62. The van der Waals surface area contributed by atoms with Crippen molar-refractivity contribution < 1.29 is 4.74 Å². The quantitative estimate of drug-likeness (QED) is 0.616. The number of hydrogen-bond acceptors (Lipinski definition) is 6. The van der Waals surface area contributed by atoms with Gasteiger partial charge in [-0.05, 0) is 64.1 Å². The molecular formula is C21H24ClN5O3. The van der Waals surface area contributed by atoms with Crippen LogP contribution in [0.2, 0.25) is 5.02 Å². The van der Waals surface area contributed by atoms with Gasteiger partial charge >= 0.3 is 11.4 Å². The van der Waals surface area contributed by atoms with E-state index in [1.165, 1.54) is 10.8 Å². The van der Waals surface area contributed by atoms with Crippen LogP contribution >= 0.6 is 11.6 Å². The molecule has 0 atom stereocenters. The number of pyridine rings is 1. The second-order valence-corrected chi connectivity index (χ2v) is 7.77. The zero-order chi connectivity index (χ0) is 21.8. The number of rotatable bonds is 7. The van der Waals surface area contributed by atoms with E-state index >= 15 is 0 Å². The van der Waals surface area contributed by atoms with Crippen molar-refractivity contribution in [1.82, 2.24) is 19.1 Å².